The molecule has 1 heterocycles. The Bertz CT molecular complexity index is 607. The van der Waals surface area contributed by atoms with E-state index in [4.69, 9.17) is 14.3 Å². The summed E-state index contributed by atoms with van der Waals surface area (Å²) in [6.45, 7) is 5.71. The molecule has 1 aromatic carbocycles. The fraction of sp³-hybridized carbons (Fsp3) is 0.154. The smallest absolute Gasteiger partial charge is 0.371 e. The van der Waals surface area contributed by atoms with E-state index in [1.807, 2.05) is 13.0 Å². The number of ether oxygens (including phenoxy) is 1. The fourth-order valence-electron chi connectivity index (χ4n) is 1.74. The number of benzene rings is 1. The van der Waals surface area contributed by atoms with Crippen LogP contribution in [0.4, 0.5) is 0 Å². The van der Waals surface area contributed by atoms with Gasteiger partial charge in [-0.15, -0.1) is 0 Å². The van der Waals surface area contributed by atoms with E-state index < -0.39 is 5.97 Å². The van der Waals surface area contributed by atoms with Crippen LogP contribution in [0.2, 0.25) is 0 Å². The number of carbonyl (C=O) groups is 1. The molecule has 1 aromatic heterocycles. The summed E-state index contributed by atoms with van der Waals surface area (Å²) in [5.74, 6) is -0.694. The standard InChI is InChI=1S/C13H12O4/c1-7(2)8-4-5-10(16-3)12-9(8)6-11(17-12)13(14)15/h4-6H,1H2,2-3H3,(H,14,15). The molecule has 0 spiro atoms. The average Bonchev–Trinajstić information content (AvgIpc) is 2.71. The molecule has 0 radical (unpaired) electrons. The third-order valence-electron chi connectivity index (χ3n) is 2.54. The Hall–Kier alpha value is -2.23. The lowest BCUT2D eigenvalue weighted by Gasteiger charge is -2.04. The zero-order chi connectivity index (χ0) is 12.6. The Labute approximate surface area is 98.1 Å². The van der Waals surface area contributed by atoms with Crippen molar-refractivity contribution >= 4 is 22.5 Å². The van der Waals surface area contributed by atoms with Crippen LogP contribution in [0.5, 0.6) is 5.75 Å². The molecule has 0 aliphatic carbocycles. The van der Waals surface area contributed by atoms with Crippen LogP contribution in [0.3, 0.4) is 0 Å². The number of methoxy groups -OCH3 is 1. The number of hydrogen-bond donors (Lipinski definition) is 1. The predicted molar refractivity (Wildman–Crippen MR) is 64.4 cm³/mol. The maximum atomic E-state index is 10.9. The molecule has 0 bridgehead atoms. The van der Waals surface area contributed by atoms with Gasteiger partial charge in [-0.2, -0.15) is 0 Å². The number of furan rings is 1. The zero-order valence-corrected chi connectivity index (χ0v) is 9.61. The van der Waals surface area contributed by atoms with E-state index in [0.717, 1.165) is 11.1 Å². The Morgan fingerprint density at radius 2 is 2.18 bits per heavy atom. The second-order valence-electron chi connectivity index (χ2n) is 3.75. The Morgan fingerprint density at radius 3 is 2.71 bits per heavy atom. The summed E-state index contributed by atoms with van der Waals surface area (Å²) in [6, 6.07) is 5.07. The Morgan fingerprint density at radius 1 is 1.47 bits per heavy atom. The molecule has 88 valence electrons. The van der Waals surface area contributed by atoms with Crippen molar-refractivity contribution in [1.82, 2.24) is 0 Å². The molecule has 0 fully saturated rings. The lowest BCUT2D eigenvalue weighted by Crippen LogP contribution is -1.91. The highest BCUT2D eigenvalue weighted by molar-refractivity contribution is 5.98. The zero-order valence-electron chi connectivity index (χ0n) is 9.61. The summed E-state index contributed by atoms with van der Waals surface area (Å²) in [7, 11) is 1.51. The maximum Gasteiger partial charge on any atom is 0.371 e. The molecule has 4 heteroatoms. The minimum absolute atomic E-state index is 0.105. The third-order valence-corrected chi connectivity index (χ3v) is 2.54. The van der Waals surface area contributed by atoms with Gasteiger partial charge in [0.15, 0.2) is 11.3 Å². The first-order chi connectivity index (χ1) is 8.04. The number of carboxylic acids is 1. The van der Waals surface area contributed by atoms with Crippen LogP contribution in [0.25, 0.3) is 16.5 Å². The molecule has 0 unspecified atom stereocenters. The SMILES string of the molecule is C=C(C)c1ccc(OC)c2oc(C(=O)O)cc12. The molecule has 2 rings (SSSR count). The second-order valence-corrected chi connectivity index (χ2v) is 3.75. The fourth-order valence-corrected chi connectivity index (χ4v) is 1.74. The van der Waals surface area contributed by atoms with E-state index in [1.165, 1.54) is 13.2 Å². The number of fused-ring (bicyclic) bond motifs is 1. The number of aromatic carboxylic acids is 1. The highest BCUT2D eigenvalue weighted by atomic mass is 16.5. The highest BCUT2D eigenvalue weighted by Crippen LogP contribution is 2.34. The highest BCUT2D eigenvalue weighted by Gasteiger charge is 2.16. The predicted octanol–water partition coefficient (Wildman–Crippen LogP) is 3.17. The van der Waals surface area contributed by atoms with Gasteiger partial charge in [-0.25, -0.2) is 4.79 Å². The van der Waals surface area contributed by atoms with Gasteiger partial charge in [-0.1, -0.05) is 18.2 Å². The first-order valence-corrected chi connectivity index (χ1v) is 5.04. The van der Waals surface area contributed by atoms with Gasteiger partial charge >= 0.3 is 5.97 Å². The first kappa shape index (κ1) is 11.3. The quantitative estimate of drug-likeness (QED) is 0.882. The molecule has 1 N–H and O–H groups in total. The molecule has 0 aliphatic rings. The van der Waals surface area contributed by atoms with E-state index in [2.05, 4.69) is 6.58 Å². The number of carboxylic acid groups (broad SMARTS) is 1. The maximum absolute atomic E-state index is 10.9. The molecular formula is C13H12O4. The van der Waals surface area contributed by atoms with Crippen LogP contribution >= 0.6 is 0 Å². The van der Waals surface area contributed by atoms with E-state index >= 15 is 0 Å². The molecular weight excluding hydrogens is 220 g/mol. The van der Waals surface area contributed by atoms with Crippen LogP contribution in [-0.4, -0.2) is 18.2 Å². The molecule has 0 aliphatic heterocycles. The molecule has 17 heavy (non-hydrogen) atoms. The monoisotopic (exact) mass is 232 g/mol. The average molecular weight is 232 g/mol. The van der Waals surface area contributed by atoms with Gasteiger partial charge in [0, 0.05) is 11.5 Å². The van der Waals surface area contributed by atoms with E-state index in [9.17, 15) is 4.79 Å². The van der Waals surface area contributed by atoms with Crippen molar-refractivity contribution in [2.75, 3.05) is 7.11 Å². The number of hydrogen-bond acceptors (Lipinski definition) is 3. The van der Waals surface area contributed by atoms with Crippen LogP contribution < -0.4 is 4.74 Å². The third kappa shape index (κ3) is 1.78. The summed E-state index contributed by atoms with van der Waals surface area (Å²) >= 11 is 0. The topological polar surface area (TPSA) is 59.7 Å². The van der Waals surface area contributed by atoms with E-state index in [0.29, 0.717) is 16.7 Å². The molecule has 0 atom stereocenters. The minimum Gasteiger partial charge on any atom is -0.493 e. The van der Waals surface area contributed by atoms with Gasteiger partial charge in [0.25, 0.3) is 0 Å². The summed E-state index contributed by atoms with van der Waals surface area (Å²) in [4.78, 5) is 10.9. The van der Waals surface area contributed by atoms with Crippen LogP contribution in [0.15, 0.2) is 29.2 Å². The normalized spacial score (nSPS) is 10.5. The number of rotatable bonds is 3. The molecule has 0 amide bonds. The first-order valence-electron chi connectivity index (χ1n) is 5.04. The van der Waals surface area contributed by atoms with Gasteiger partial charge in [-0.05, 0) is 18.6 Å². The molecule has 0 saturated carbocycles. The minimum atomic E-state index is -1.10. The van der Waals surface area contributed by atoms with Crippen molar-refractivity contribution in [1.29, 1.82) is 0 Å². The second kappa shape index (κ2) is 3.97. The van der Waals surface area contributed by atoms with Crippen LogP contribution in [0.1, 0.15) is 23.0 Å². The van der Waals surface area contributed by atoms with Gasteiger partial charge in [-0.3, -0.25) is 0 Å². The van der Waals surface area contributed by atoms with Crippen molar-refractivity contribution in [2.45, 2.75) is 6.92 Å². The van der Waals surface area contributed by atoms with E-state index in [-0.39, 0.29) is 5.76 Å². The lowest BCUT2D eigenvalue weighted by atomic mass is 10.0. The lowest BCUT2D eigenvalue weighted by molar-refractivity contribution is 0.0665. The molecule has 2 aromatic rings. The Balaban J connectivity index is 2.81. The van der Waals surface area contributed by atoms with Crippen molar-refractivity contribution in [3.63, 3.8) is 0 Å². The summed E-state index contributed by atoms with van der Waals surface area (Å²) in [5.41, 5.74) is 2.14. The van der Waals surface area contributed by atoms with E-state index in [1.54, 1.807) is 6.07 Å². The number of allylic oxidation sites excluding steroid dienone is 1. The summed E-state index contributed by atoms with van der Waals surface area (Å²) in [6.07, 6.45) is 0. The van der Waals surface area contributed by atoms with Crippen molar-refractivity contribution < 1.29 is 19.1 Å². The summed E-state index contributed by atoms with van der Waals surface area (Å²) < 4.78 is 10.4. The van der Waals surface area contributed by atoms with Gasteiger partial charge in [0.05, 0.1) is 7.11 Å². The van der Waals surface area contributed by atoms with Crippen molar-refractivity contribution in [3.05, 3.63) is 36.1 Å². The Kier molecular flexibility index (Phi) is 2.63. The van der Waals surface area contributed by atoms with Crippen LogP contribution in [-0.2, 0) is 0 Å². The van der Waals surface area contributed by atoms with Gasteiger partial charge in [0.1, 0.15) is 0 Å². The van der Waals surface area contributed by atoms with Crippen LogP contribution in [0, 0.1) is 0 Å². The van der Waals surface area contributed by atoms with Crippen molar-refractivity contribution in [3.8, 4) is 5.75 Å². The molecule has 0 saturated heterocycles. The largest absolute Gasteiger partial charge is 0.493 e. The van der Waals surface area contributed by atoms with Gasteiger partial charge < -0.3 is 14.3 Å². The van der Waals surface area contributed by atoms with Gasteiger partial charge in [0.2, 0.25) is 5.76 Å². The summed E-state index contributed by atoms with van der Waals surface area (Å²) in [5, 5.41) is 9.62. The van der Waals surface area contributed by atoms with Crippen molar-refractivity contribution in [2.24, 2.45) is 0 Å². The molecule has 4 nitrogen and oxygen atoms in total.